The molecule has 0 spiro atoms. The van der Waals surface area contributed by atoms with Crippen LogP contribution in [0.1, 0.15) is 24.0 Å². The molecule has 1 heterocycles. The zero-order chi connectivity index (χ0) is 26.1. The molecule has 1 N–H and O–H groups in total. The first-order valence-electron chi connectivity index (χ1n) is 11.6. The minimum absolute atomic E-state index is 0.0290. The van der Waals surface area contributed by atoms with Crippen molar-refractivity contribution in [2.75, 3.05) is 50.5 Å². The number of carbonyl (C=O) groups is 1. The summed E-state index contributed by atoms with van der Waals surface area (Å²) in [6.45, 7) is 4.43. The number of amides is 1. The normalized spacial score (nSPS) is 14.3. The fraction of sp³-hybridized carbons (Fsp3) is 0.458. The largest absolute Gasteiger partial charge is 0.495 e. The average molecular weight is 521 g/mol. The van der Waals surface area contributed by atoms with Crippen LogP contribution in [-0.2, 0) is 32.6 Å². The number of ether oxygens (including phenoxy) is 2. The van der Waals surface area contributed by atoms with E-state index in [-0.39, 0.29) is 42.4 Å². The summed E-state index contributed by atoms with van der Waals surface area (Å²) in [6, 6.07) is 11.8. The predicted octanol–water partition coefficient (Wildman–Crippen LogP) is 2.30. The van der Waals surface area contributed by atoms with Gasteiger partial charge in [0.05, 0.1) is 31.5 Å². The van der Waals surface area contributed by atoms with Crippen molar-refractivity contribution < 1.29 is 27.6 Å². The Hall–Kier alpha value is -3.22. The number of non-ortho nitro benzene ring substituents is 1. The van der Waals surface area contributed by atoms with Crippen LogP contribution in [0, 0.1) is 10.1 Å². The van der Waals surface area contributed by atoms with Crippen molar-refractivity contribution in [3.63, 3.8) is 0 Å². The number of hydrogen-bond acceptors (Lipinski definition) is 8. The number of rotatable bonds is 12. The van der Waals surface area contributed by atoms with Crippen LogP contribution < -0.4 is 14.4 Å². The molecule has 196 valence electrons. The fourth-order valence-corrected chi connectivity index (χ4v) is 4.94. The molecule has 11 nitrogen and oxygen atoms in total. The Balaban J connectivity index is 1.55. The Morgan fingerprint density at radius 3 is 2.58 bits per heavy atom. The molecule has 0 aromatic heterocycles. The second-order valence-corrected chi connectivity index (χ2v) is 10.4. The Labute approximate surface area is 211 Å². The smallest absolute Gasteiger partial charge is 0.271 e. The number of sulfonamides is 1. The maximum atomic E-state index is 12.4. The molecule has 2 aromatic rings. The van der Waals surface area contributed by atoms with Crippen LogP contribution in [0.25, 0.3) is 0 Å². The molecule has 2 aromatic carbocycles. The minimum atomic E-state index is -3.78. The molecule has 1 aliphatic heterocycles. The molecule has 0 saturated carbocycles. The molecule has 12 heteroatoms. The highest BCUT2D eigenvalue weighted by molar-refractivity contribution is 7.92. The summed E-state index contributed by atoms with van der Waals surface area (Å²) in [5.41, 5.74) is 1.95. The maximum Gasteiger partial charge on any atom is 0.271 e. The third kappa shape index (κ3) is 7.90. The van der Waals surface area contributed by atoms with Gasteiger partial charge in [-0.05, 0) is 23.6 Å². The summed E-state index contributed by atoms with van der Waals surface area (Å²) in [5, 5.41) is 14.0. The number of methoxy groups -OCH3 is 1. The summed E-state index contributed by atoms with van der Waals surface area (Å²) in [4.78, 5) is 25.3. The zero-order valence-electron chi connectivity index (χ0n) is 20.5. The van der Waals surface area contributed by atoms with E-state index in [1.807, 2.05) is 12.1 Å². The molecule has 0 atom stereocenters. The van der Waals surface area contributed by atoms with Crippen molar-refractivity contribution in [2.24, 2.45) is 0 Å². The van der Waals surface area contributed by atoms with E-state index in [9.17, 15) is 23.3 Å². The molecule has 0 bridgehead atoms. The van der Waals surface area contributed by atoms with Gasteiger partial charge in [-0.1, -0.05) is 24.3 Å². The molecule has 0 unspecified atom stereocenters. The van der Waals surface area contributed by atoms with E-state index < -0.39 is 14.9 Å². The molecule has 1 aliphatic rings. The predicted molar refractivity (Wildman–Crippen MR) is 135 cm³/mol. The van der Waals surface area contributed by atoms with Gasteiger partial charge in [0.15, 0.2) is 0 Å². The Morgan fingerprint density at radius 1 is 1.19 bits per heavy atom. The highest BCUT2D eigenvalue weighted by Crippen LogP contribution is 2.33. The monoisotopic (exact) mass is 520 g/mol. The first-order chi connectivity index (χ1) is 17.2. The number of anilines is 1. The van der Waals surface area contributed by atoms with Crippen molar-refractivity contribution in [3.8, 4) is 5.75 Å². The van der Waals surface area contributed by atoms with Gasteiger partial charge in [-0.2, -0.15) is 0 Å². The van der Waals surface area contributed by atoms with Crippen LogP contribution in [0.5, 0.6) is 5.75 Å². The van der Waals surface area contributed by atoms with Crippen LogP contribution in [0.15, 0.2) is 42.5 Å². The summed E-state index contributed by atoms with van der Waals surface area (Å²) in [6.07, 6.45) is 1.33. The summed E-state index contributed by atoms with van der Waals surface area (Å²) < 4.78 is 36.5. The first-order valence-corrected chi connectivity index (χ1v) is 13.5. The lowest BCUT2D eigenvalue weighted by Crippen LogP contribution is -2.35. The number of hydrogen-bond donors (Lipinski definition) is 1. The van der Waals surface area contributed by atoms with E-state index >= 15 is 0 Å². The maximum absolute atomic E-state index is 12.4. The van der Waals surface area contributed by atoms with Gasteiger partial charge in [0.2, 0.25) is 15.9 Å². The third-order valence-electron chi connectivity index (χ3n) is 5.80. The van der Waals surface area contributed by atoms with Gasteiger partial charge in [0, 0.05) is 51.3 Å². The summed E-state index contributed by atoms with van der Waals surface area (Å²) in [7, 11) is -2.42. The molecular formula is C24H32N4O7S. The molecule has 0 aliphatic carbocycles. The van der Waals surface area contributed by atoms with Crippen molar-refractivity contribution in [2.45, 2.75) is 25.9 Å². The van der Waals surface area contributed by atoms with Crippen molar-refractivity contribution in [3.05, 3.63) is 63.7 Å². The van der Waals surface area contributed by atoms with E-state index in [4.69, 9.17) is 9.47 Å². The second kappa shape index (κ2) is 12.7. The molecule has 3 rings (SSSR count). The zero-order valence-corrected chi connectivity index (χ0v) is 21.3. The lowest BCUT2D eigenvalue weighted by Gasteiger charge is -2.26. The second-order valence-electron chi connectivity index (χ2n) is 8.54. The Bertz CT molecular complexity index is 1170. The Morgan fingerprint density at radius 2 is 1.92 bits per heavy atom. The molecular weight excluding hydrogens is 488 g/mol. The number of morpholine rings is 1. The van der Waals surface area contributed by atoms with E-state index in [1.54, 1.807) is 0 Å². The topological polar surface area (TPSA) is 131 Å². The van der Waals surface area contributed by atoms with Crippen LogP contribution in [0.3, 0.4) is 0 Å². The summed E-state index contributed by atoms with van der Waals surface area (Å²) in [5.74, 6) is -0.0273. The summed E-state index contributed by atoms with van der Waals surface area (Å²) >= 11 is 0. The van der Waals surface area contributed by atoms with Gasteiger partial charge < -0.3 is 14.8 Å². The van der Waals surface area contributed by atoms with Crippen molar-refractivity contribution in [1.29, 1.82) is 0 Å². The van der Waals surface area contributed by atoms with Crippen LogP contribution >= 0.6 is 0 Å². The standard InChI is InChI=1S/C24H32N4O7S/c1-34-23-9-8-21(28(30)31)16-22(23)27(36(2,32)33)10-4-7-24(29)25-17-19-5-3-6-20(15-19)18-26-11-13-35-14-12-26/h3,5-6,8-9,15-16H,4,7,10-14,17-18H2,1-2H3,(H,25,29). The van der Waals surface area contributed by atoms with E-state index in [1.165, 1.54) is 24.8 Å². The van der Waals surface area contributed by atoms with Gasteiger partial charge >= 0.3 is 0 Å². The molecule has 1 amide bonds. The van der Waals surface area contributed by atoms with Gasteiger partial charge in [-0.15, -0.1) is 0 Å². The van der Waals surface area contributed by atoms with Crippen molar-refractivity contribution in [1.82, 2.24) is 10.2 Å². The van der Waals surface area contributed by atoms with Crippen molar-refractivity contribution >= 4 is 27.3 Å². The van der Waals surface area contributed by atoms with Crippen LogP contribution in [0.4, 0.5) is 11.4 Å². The van der Waals surface area contributed by atoms with E-state index in [2.05, 4.69) is 22.3 Å². The lowest BCUT2D eigenvalue weighted by molar-refractivity contribution is -0.384. The molecule has 0 radical (unpaired) electrons. The third-order valence-corrected chi connectivity index (χ3v) is 6.98. The van der Waals surface area contributed by atoms with Gasteiger partial charge in [-0.25, -0.2) is 8.42 Å². The quantitative estimate of drug-likeness (QED) is 0.333. The van der Waals surface area contributed by atoms with Gasteiger partial charge in [0.25, 0.3) is 5.69 Å². The Kier molecular flexibility index (Phi) is 9.62. The molecule has 1 saturated heterocycles. The first kappa shape index (κ1) is 27.4. The lowest BCUT2D eigenvalue weighted by atomic mass is 10.1. The van der Waals surface area contributed by atoms with E-state index in [0.717, 1.165) is 55.0 Å². The SMILES string of the molecule is COc1ccc([N+](=O)[O-])cc1N(CCCC(=O)NCc1cccc(CN2CCOCC2)c1)S(C)(=O)=O. The van der Waals surface area contributed by atoms with E-state index in [0.29, 0.717) is 6.54 Å². The highest BCUT2D eigenvalue weighted by atomic mass is 32.2. The minimum Gasteiger partial charge on any atom is -0.495 e. The number of nitrogens with zero attached hydrogens (tertiary/aromatic N) is 3. The number of nitrogens with one attached hydrogen (secondary N) is 1. The fourth-order valence-electron chi connectivity index (χ4n) is 3.98. The number of nitro benzene ring substituents is 1. The number of carbonyl (C=O) groups excluding carboxylic acids is 1. The number of benzene rings is 2. The van der Waals surface area contributed by atoms with Crippen LogP contribution in [-0.4, -0.2) is 70.4 Å². The van der Waals surface area contributed by atoms with Crippen LogP contribution in [0.2, 0.25) is 0 Å². The molecule has 1 fully saturated rings. The number of nitro groups is 1. The van der Waals surface area contributed by atoms with Gasteiger partial charge in [0.1, 0.15) is 11.4 Å². The highest BCUT2D eigenvalue weighted by Gasteiger charge is 2.24. The average Bonchev–Trinajstić information content (AvgIpc) is 2.85. The van der Waals surface area contributed by atoms with Gasteiger partial charge in [-0.3, -0.25) is 24.1 Å². The molecule has 36 heavy (non-hydrogen) atoms.